The number of thiophene rings is 1. The Kier molecular flexibility index (Phi) is 3.84. The first-order chi connectivity index (χ1) is 13.7. The predicted octanol–water partition coefficient (Wildman–Crippen LogP) is 4.32. The summed E-state index contributed by atoms with van der Waals surface area (Å²) in [7, 11) is 3.64. The van der Waals surface area contributed by atoms with E-state index in [0.717, 1.165) is 51.4 Å². The molecule has 0 fully saturated rings. The molecule has 0 radical (unpaired) electrons. The van der Waals surface area contributed by atoms with Crippen molar-refractivity contribution < 1.29 is 14.3 Å². The maximum atomic E-state index is 11.6. The molecule has 3 aromatic heterocycles. The number of aldehydes is 1. The van der Waals surface area contributed by atoms with Crippen LogP contribution in [0.3, 0.4) is 0 Å². The maximum absolute atomic E-state index is 11.6. The lowest BCUT2D eigenvalue weighted by molar-refractivity contribution is 0.111. The van der Waals surface area contributed by atoms with E-state index in [4.69, 9.17) is 9.47 Å². The Morgan fingerprint density at radius 3 is 2.86 bits per heavy atom. The van der Waals surface area contributed by atoms with Crippen LogP contribution in [0.2, 0.25) is 0 Å². The van der Waals surface area contributed by atoms with Gasteiger partial charge in [-0.3, -0.25) is 4.79 Å². The summed E-state index contributed by atoms with van der Waals surface area (Å²) in [4.78, 5) is 11.6. The molecule has 4 aromatic rings. The zero-order chi connectivity index (χ0) is 19.3. The van der Waals surface area contributed by atoms with Gasteiger partial charge in [-0.1, -0.05) is 0 Å². The zero-order valence-corrected chi connectivity index (χ0v) is 16.2. The van der Waals surface area contributed by atoms with E-state index < -0.39 is 0 Å². The minimum Gasteiger partial charge on any atom is -0.496 e. The summed E-state index contributed by atoms with van der Waals surface area (Å²) in [5.74, 6) is 1.46. The quantitative estimate of drug-likeness (QED) is 0.486. The van der Waals surface area contributed by atoms with E-state index in [-0.39, 0.29) is 0 Å². The van der Waals surface area contributed by atoms with Crippen molar-refractivity contribution >= 4 is 17.6 Å². The lowest BCUT2D eigenvalue weighted by Gasteiger charge is -2.21. The highest BCUT2D eigenvalue weighted by molar-refractivity contribution is 7.08. The molecule has 7 heteroatoms. The van der Waals surface area contributed by atoms with Gasteiger partial charge in [0.05, 0.1) is 18.5 Å². The number of nitrogens with zero attached hydrogens (tertiary/aromatic N) is 3. The molecule has 0 saturated carbocycles. The van der Waals surface area contributed by atoms with Gasteiger partial charge >= 0.3 is 0 Å². The van der Waals surface area contributed by atoms with Gasteiger partial charge in [0.2, 0.25) is 0 Å². The topological polar surface area (TPSA) is 58.3 Å². The van der Waals surface area contributed by atoms with Crippen LogP contribution in [0.5, 0.6) is 11.5 Å². The van der Waals surface area contributed by atoms with Crippen molar-refractivity contribution in [1.29, 1.82) is 0 Å². The molecule has 0 spiro atoms. The molecule has 0 atom stereocenters. The van der Waals surface area contributed by atoms with Crippen LogP contribution >= 0.6 is 11.3 Å². The molecule has 5 rings (SSSR count). The molecule has 1 aromatic carbocycles. The highest BCUT2D eigenvalue weighted by atomic mass is 32.1. The molecule has 0 N–H and O–H groups in total. The fourth-order valence-corrected chi connectivity index (χ4v) is 4.23. The van der Waals surface area contributed by atoms with Crippen LogP contribution < -0.4 is 9.47 Å². The molecule has 0 bridgehead atoms. The van der Waals surface area contributed by atoms with Crippen LogP contribution in [0.4, 0.5) is 0 Å². The Morgan fingerprint density at radius 2 is 2.18 bits per heavy atom. The van der Waals surface area contributed by atoms with Crippen LogP contribution in [0.15, 0.2) is 47.4 Å². The number of hydrogen-bond acceptors (Lipinski definition) is 5. The smallest absolute Gasteiger partial charge is 0.170 e. The second-order valence-corrected chi connectivity index (χ2v) is 7.41. The Hall–Kier alpha value is -3.32. The second-order valence-electron chi connectivity index (χ2n) is 6.63. The lowest BCUT2D eigenvalue weighted by Crippen LogP contribution is -2.08. The standard InChI is InChI=1S/C21H17N3O3S/c1-23-5-3-13(9-23)15-7-16-20(8-19(15)26-2)27-11-17-18(10-25)22-24(21(16)17)14-4-6-28-12-14/h3-10,12H,11H2,1-2H3. The van der Waals surface area contributed by atoms with Crippen LogP contribution in [-0.2, 0) is 13.7 Å². The molecular formula is C21H17N3O3S. The Morgan fingerprint density at radius 1 is 1.29 bits per heavy atom. The van der Waals surface area contributed by atoms with Crippen molar-refractivity contribution in [2.24, 2.45) is 7.05 Å². The monoisotopic (exact) mass is 391 g/mol. The first kappa shape index (κ1) is 16.8. The molecule has 0 amide bonds. The number of benzene rings is 1. The van der Waals surface area contributed by atoms with E-state index in [0.29, 0.717) is 12.3 Å². The van der Waals surface area contributed by atoms with Gasteiger partial charge in [0.15, 0.2) is 6.29 Å². The molecule has 0 unspecified atom stereocenters. The molecule has 6 nitrogen and oxygen atoms in total. The predicted molar refractivity (Wildman–Crippen MR) is 108 cm³/mol. The molecule has 140 valence electrons. The Labute approximate surface area is 165 Å². The van der Waals surface area contributed by atoms with Gasteiger partial charge in [-0.25, -0.2) is 4.68 Å². The number of hydrogen-bond donors (Lipinski definition) is 0. The van der Waals surface area contributed by atoms with Crippen LogP contribution in [-0.4, -0.2) is 27.7 Å². The number of methoxy groups -OCH3 is 1. The maximum Gasteiger partial charge on any atom is 0.170 e. The van der Waals surface area contributed by atoms with Crippen molar-refractivity contribution in [3.8, 4) is 39.6 Å². The summed E-state index contributed by atoms with van der Waals surface area (Å²) in [5.41, 5.74) is 5.94. The van der Waals surface area contributed by atoms with Crippen LogP contribution in [0.1, 0.15) is 16.1 Å². The normalized spacial score (nSPS) is 12.2. The number of aromatic nitrogens is 3. The first-order valence-corrected chi connectivity index (χ1v) is 9.71. The van der Waals surface area contributed by atoms with Crippen LogP contribution in [0, 0.1) is 0 Å². The largest absolute Gasteiger partial charge is 0.496 e. The summed E-state index contributed by atoms with van der Waals surface area (Å²) in [6.45, 7) is 0.300. The van der Waals surface area contributed by atoms with Gasteiger partial charge in [0.25, 0.3) is 0 Å². The number of carbonyl (C=O) groups excluding carboxylic acids is 1. The van der Waals surface area contributed by atoms with Gasteiger partial charge in [-0.2, -0.15) is 16.4 Å². The number of rotatable bonds is 4. The van der Waals surface area contributed by atoms with E-state index >= 15 is 0 Å². The highest BCUT2D eigenvalue weighted by Crippen LogP contribution is 2.45. The third-order valence-electron chi connectivity index (χ3n) is 4.95. The first-order valence-electron chi connectivity index (χ1n) is 8.77. The molecule has 0 saturated heterocycles. The van der Waals surface area contributed by atoms with Gasteiger partial charge in [-0.15, -0.1) is 0 Å². The average molecular weight is 391 g/mol. The fourth-order valence-electron chi connectivity index (χ4n) is 3.62. The molecular weight excluding hydrogens is 374 g/mol. The summed E-state index contributed by atoms with van der Waals surface area (Å²) in [6, 6.07) is 8.00. The number of carbonyl (C=O) groups is 1. The fraction of sp³-hybridized carbons (Fsp3) is 0.143. The van der Waals surface area contributed by atoms with E-state index in [2.05, 4.69) is 11.2 Å². The number of fused-ring (bicyclic) bond motifs is 3. The third-order valence-corrected chi connectivity index (χ3v) is 5.62. The average Bonchev–Trinajstić information content (AvgIpc) is 3.45. The van der Waals surface area contributed by atoms with E-state index in [1.807, 2.05) is 57.6 Å². The number of aryl methyl sites for hydroxylation is 1. The van der Waals surface area contributed by atoms with E-state index in [1.165, 1.54) is 0 Å². The molecule has 1 aliphatic rings. The van der Waals surface area contributed by atoms with Crippen molar-refractivity contribution in [3.63, 3.8) is 0 Å². The molecule has 1 aliphatic heterocycles. The summed E-state index contributed by atoms with van der Waals surface area (Å²) >= 11 is 1.59. The summed E-state index contributed by atoms with van der Waals surface area (Å²) in [5, 5.41) is 8.55. The Bertz CT molecular complexity index is 1190. The van der Waals surface area contributed by atoms with Crippen LogP contribution in [0.25, 0.3) is 28.1 Å². The molecule has 28 heavy (non-hydrogen) atoms. The molecule has 0 aliphatic carbocycles. The van der Waals surface area contributed by atoms with Crippen molar-refractivity contribution in [3.05, 3.63) is 58.7 Å². The second kappa shape index (κ2) is 6.38. The van der Waals surface area contributed by atoms with E-state index in [1.54, 1.807) is 18.4 Å². The molecule has 4 heterocycles. The summed E-state index contributed by atoms with van der Waals surface area (Å²) in [6.07, 6.45) is 4.83. The van der Waals surface area contributed by atoms with Gasteiger partial charge in [-0.05, 0) is 23.6 Å². The zero-order valence-electron chi connectivity index (χ0n) is 15.4. The van der Waals surface area contributed by atoms with Crippen molar-refractivity contribution in [2.45, 2.75) is 6.61 Å². The minimum atomic E-state index is 0.300. The Balaban J connectivity index is 1.79. The van der Waals surface area contributed by atoms with Gasteiger partial charge in [0.1, 0.15) is 23.8 Å². The minimum absolute atomic E-state index is 0.300. The third kappa shape index (κ3) is 2.47. The number of ether oxygens (including phenoxy) is 2. The lowest BCUT2D eigenvalue weighted by atomic mass is 9.97. The van der Waals surface area contributed by atoms with E-state index in [9.17, 15) is 4.79 Å². The van der Waals surface area contributed by atoms with Crippen molar-refractivity contribution in [2.75, 3.05) is 7.11 Å². The summed E-state index contributed by atoms with van der Waals surface area (Å²) < 4.78 is 15.4. The van der Waals surface area contributed by atoms with Crippen molar-refractivity contribution in [1.82, 2.24) is 14.3 Å². The highest BCUT2D eigenvalue weighted by Gasteiger charge is 2.29. The SMILES string of the molecule is COc1cc2c(cc1-c1ccn(C)c1)-c1c(c(C=O)nn1-c1ccsc1)CO2. The van der Waals surface area contributed by atoms with Gasteiger partial charge < -0.3 is 14.0 Å². The van der Waals surface area contributed by atoms with Gasteiger partial charge in [0, 0.05) is 53.1 Å².